The van der Waals surface area contributed by atoms with E-state index in [1.807, 2.05) is 0 Å². The zero-order valence-electron chi connectivity index (χ0n) is 14.7. The Kier molecular flexibility index (Phi) is 3.66. The number of hydrogen-bond acceptors (Lipinski definition) is 0. The van der Waals surface area contributed by atoms with Gasteiger partial charge >= 0.3 is 0 Å². The average molecular weight is 326 g/mol. The maximum Gasteiger partial charge on any atom is 0.213 e. The van der Waals surface area contributed by atoms with Crippen LogP contribution in [0.25, 0.3) is 11.3 Å². The molecule has 1 heteroatoms. The molecule has 1 nitrogen and oxygen atoms in total. The molecule has 1 aromatic heterocycles. The molecule has 5 aliphatic rings. The van der Waals surface area contributed by atoms with Gasteiger partial charge in [0.25, 0.3) is 0 Å². The first kappa shape index (κ1) is 14.9. The van der Waals surface area contributed by atoms with Gasteiger partial charge in [0.15, 0.2) is 12.7 Å². The van der Waals surface area contributed by atoms with Gasteiger partial charge < -0.3 is 0 Å². The van der Waals surface area contributed by atoms with Crippen molar-refractivity contribution in [1.29, 1.82) is 0 Å². The molecule has 124 valence electrons. The van der Waals surface area contributed by atoms with Crippen LogP contribution in [0.1, 0.15) is 40.7 Å². The Morgan fingerprint density at radius 3 is 2.08 bits per heavy atom. The molecule has 0 amide bonds. The summed E-state index contributed by atoms with van der Waals surface area (Å²) in [5.74, 6) is 0. The fourth-order valence-electron chi connectivity index (χ4n) is 4.53. The maximum atomic E-state index is 2.42. The van der Waals surface area contributed by atoms with Gasteiger partial charge in [-0.05, 0) is 66.8 Å². The van der Waals surface area contributed by atoms with Crippen LogP contribution < -0.4 is 4.57 Å². The van der Waals surface area contributed by atoms with E-state index in [9.17, 15) is 0 Å². The van der Waals surface area contributed by atoms with Crippen molar-refractivity contribution in [3.8, 4) is 11.3 Å². The van der Waals surface area contributed by atoms with Gasteiger partial charge in [-0.3, -0.25) is 0 Å². The topological polar surface area (TPSA) is 3.88 Å². The Hall–Kier alpha value is -2.41. The Bertz CT molecular complexity index is 921. The first-order valence-electron chi connectivity index (χ1n) is 9.59. The van der Waals surface area contributed by atoms with Gasteiger partial charge in [0.2, 0.25) is 5.69 Å². The Labute approximate surface area is 150 Å². The van der Waals surface area contributed by atoms with Crippen LogP contribution in [0.2, 0.25) is 0 Å². The number of benzene rings is 2. The van der Waals surface area contributed by atoms with Crippen molar-refractivity contribution in [2.45, 2.75) is 45.1 Å². The predicted octanol–water partition coefficient (Wildman–Crippen LogP) is 4.67. The van der Waals surface area contributed by atoms with Crippen LogP contribution in [0.15, 0.2) is 60.8 Å². The third kappa shape index (κ3) is 2.68. The molecular weight excluding hydrogens is 302 g/mol. The van der Waals surface area contributed by atoms with Crippen LogP contribution in [0.5, 0.6) is 0 Å². The number of aryl methyl sites for hydroxylation is 4. The minimum Gasteiger partial charge on any atom is -0.194 e. The fourth-order valence-corrected chi connectivity index (χ4v) is 4.53. The molecule has 0 radical (unpaired) electrons. The summed E-state index contributed by atoms with van der Waals surface area (Å²) in [6, 6.07) is 20.8. The summed E-state index contributed by atoms with van der Waals surface area (Å²) in [4.78, 5) is 0. The van der Waals surface area contributed by atoms with Crippen LogP contribution in [0.3, 0.4) is 0 Å². The number of aromatic nitrogens is 1. The summed E-state index contributed by atoms with van der Waals surface area (Å²) in [6.07, 6.45) is 9.38. The number of nitrogens with zero attached hydrogens (tertiary/aromatic N) is 1. The van der Waals surface area contributed by atoms with E-state index in [1.165, 1.54) is 66.5 Å². The molecule has 2 aromatic carbocycles. The van der Waals surface area contributed by atoms with Gasteiger partial charge in [-0.2, -0.15) is 4.57 Å². The molecule has 4 bridgehead atoms. The quantitative estimate of drug-likeness (QED) is 0.414. The molecule has 25 heavy (non-hydrogen) atoms. The van der Waals surface area contributed by atoms with Crippen molar-refractivity contribution in [1.82, 2.24) is 0 Å². The van der Waals surface area contributed by atoms with E-state index < -0.39 is 0 Å². The lowest BCUT2D eigenvalue weighted by Gasteiger charge is -2.12. The molecule has 0 spiro atoms. The third-order valence-corrected chi connectivity index (χ3v) is 5.87. The molecule has 3 aromatic rings. The van der Waals surface area contributed by atoms with Crippen molar-refractivity contribution < 1.29 is 4.57 Å². The molecule has 0 unspecified atom stereocenters. The van der Waals surface area contributed by atoms with E-state index in [0.717, 1.165) is 6.54 Å². The van der Waals surface area contributed by atoms with Gasteiger partial charge in [-0.25, -0.2) is 0 Å². The molecule has 0 saturated carbocycles. The van der Waals surface area contributed by atoms with Crippen LogP contribution in [-0.4, -0.2) is 0 Å². The molecule has 1 aliphatic heterocycles. The standard InChI is InChI=1S/C24H24N/c1-2-16-25-17-22-20-7-3-5-18-10-12-19(13-11-18)6-4-8-21(15-14-20)24(22)23(25)9-1/h1-2,9-16H,3-8,17H2/q+1. The summed E-state index contributed by atoms with van der Waals surface area (Å²) < 4.78 is 2.42. The first-order chi connectivity index (χ1) is 12.4. The van der Waals surface area contributed by atoms with Crippen LogP contribution in [-0.2, 0) is 32.2 Å². The van der Waals surface area contributed by atoms with Crippen molar-refractivity contribution >= 4 is 0 Å². The van der Waals surface area contributed by atoms with Gasteiger partial charge in [0, 0.05) is 17.7 Å². The third-order valence-electron chi connectivity index (χ3n) is 5.87. The lowest BCUT2D eigenvalue weighted by molar-refractivity contribution is -0.672. The molecule has 0 fully saturated rings. The highest BCUT2D eigenvalue weighted by molar-refractivity contribution is 5.69. The van der Waals surface area contributed by atoms with E-state index in [1.54, 1.807) is 11.1 Å². The summed E-state index contributed by atoms with van der Waals surface area (Å²) in [5, 5.41) is 0. The highest BCUT2D eigenvalue weighted by Crippen LogP contribution is 2.34. The van der Waals surface area contributed by atoms with Crippen LogP contribution in [0.4, 0.5) is 0 Å². The SMILES string of the molecule is c1cc[n+]2c(c1)-c1c3ccc(c1C2)CCCc1ccc(cc1)CCC3. The molecule has 0 N–H and O–H groups in total. The minimum atomic E-state index is 1.04. The van der Waals surface area contributed by atoms with E-state index in [2.05, 4.69) is 65.4 Å². The van der Waals surface area contributed by atoms with Crippen molar-refractivity contribution in [3.63, 3.8) is 0 Å². The monoisotopic (exact) mass is 326 g/mol. The van der Waals surface area contributed by atoms with Gasteiger partial charge in [-0.15, -0.1) is 0 Å². The van der Waals surface area contributed by atoms with E-state index in [4.69, 9.17) is 0 Å². The highest BCUT2D eigenvalue weighted by Gasteiger charge is 2.29. The second kappa shape index (κ2) is 6.15. The lowest BCUT2D eigenvalue weighted by atomic mass is 9.89. The highest BCUT2D eigenvalue weighted by atomic mass is 15.0. The normalized spacial score (nSPS) is 15.7. The van der Waals surface area contributed by atoms with E-state index in [0.29, 0.717) is 0 Å². The molecule has 0 atom stereocenters. The second-order valence-electron chi connectivity index (χ2n) is 7.47. The number of pyridine rings is 1. The van der Waals surface area contributed by atoms with Gasteiger partial charge in [0.1, 0.15) is 0 Å². The van der Waals surface area contributed by atoms with Crippen molar-refractivity contribution in [2.24, 2.45) is 0 Å². The van der Waals surface area contributed by atoms with Crippen LogP contribution >= 0.6 is 0 Å². The zero-order chi connectivity index (χ0) is 16.6. The number of fused-ring (bicyclic) bond motifs is 1. The maximum absolute atomic E-state index is 2.42. The Balaban J connectivity index is 1.58. The van der Waals surface area contributed by atoms with Crippen LogP contribution in [0, 0.1) is 0 Å². The molecule has 4 aliphatic carbocycles. The summed E-state index contributed by atoms with van der Waals surface area (Å²) in [5.41, 5.74) is 10.6. The second-order valence-corrected chi connectivity index (χ2v) is 7.47. The minimum absolute atomic E-state index is 1.04. The molecule has 8 rings (SSSR count). The predicted molar refractivity (Wildman–Crippen MR) is 102 cm³/mol. The van der Waals surface area contributed by atoms with E-state index >= 15 is 0 Å². The summed E-state index contributed by atoms with van der Waals surface area (Å²) in [6.45, 7) is 1.04. The van der Waals surface area contributed by atoms with Crippen molar-refractivity contribution in [2.75, 3.05) is 0 Å². The fraction of sp³-hybridized carbons (Fsp3) is 0.292. The number of rotatable bonds is 0. The summed E-state index contributed by atoms with van der Waals surface area (Å²) in [7, 11) is 0. The molecule has 2 heterocycles. The molecule has 0 saturated heterocycles. The number of hydrogen-bond donors (Lipinski definition) is 0. The van der Waals surface area contributed by atoms with Gasteiger partial charge in [0.05, 0.1) is 5.56 Å². The Morgan fingerprint density at radius 2 is 1.32 bits per heavy atom. The largest absolute Gasteiger partial charge is 0.213 e. The van der Waals surface area contributed by atoms with E-state index in [-0.39, 0.29) is 0 Å². The molecular formula is C24H24N+. The van der Waals surface area contributed by atoms with Gasteiger partial charge in [-0.1, -0.05) is 36.4 Å². The zero-order valence-corrected chi connectivity index (χ0v) is 14.7. The summed E-state index contributed by atoms with van der Waals surface area (Å²) >= 11 is 0. The van der Waals surface area contributed by atoms with Crippen molar-refractivity contribution in [3.05, 3.63) is 88.6 Å². The average Bonchev–Trinajstić information content (AvgIpc) is 3.04. The Morgan fingerprint density at radius 1 is 0.640 bits per heavy atom. The lowest BCUT2D eigenvalue weighted by Crippen LogP contribution is -2.31. The smallest absolute Gasteiger partial charge is 0.194 e. The first-order valence-corrected chi connectivity index (χ1v) is 9.59.